The van der Waals surface area contributed by atoms with E-state index in [9.17, 15) is 0 Å². The number of ether oxygens (including phenoxy) is 1. The molecule has 0 saturated carbocycles. The molecule has 70 valence electrons. The summed E-state index contributed by atoms with van der Waals surface area (Å²) in [7, 11) is 0. The van der Waals surface area contributed by atoms with Gasteiger partial charge in [0, 0.05) is 0 Å². The third-order valence-corrected chi connectivity index (χ3v) is 1.10. The van der Waals surface area contributed by atoms with Crippen LogP contribution in [0.1, 0.15) is 13.8 Å². The van der Waals surface area contributed by atoms with Crippen molar-refractivity contribution in [3.8, 4) is 0 Å². The van der Waals surface area contributed by atoms with Gasteiger partial charge in [0.05, 0.1) is 12.5 Å². The molecule has 0 aliphatic rings. The first-order chi connectivity index (χ1) is 6.41. The lowest BCUT2D eigenvalue weighted by Gasteiger charge is -1.82. The summed E-state index contributed by atoms with van der Waals surface area (Å²) in [5, 5.41) is 0. The fourth-order valence-electron chi connectivity index (χ4n) is 0.587. The van der Waals surface area contributed by atoms with Gasteiger partial charge in [-0.2, -0.15) is 0 Å². The molecule has 0 amide bonds. The molecule has 1 aromatic rings. The summed E-state index contributed by atoms with van der Waals surface area (Å²) in [6.45, 7) is 3.81. The average Bonchev–Trinajstić information content (AvgIpc) is 2.22. The molecule has 0 radical (unpaired) electrons. The summed E-state index contributed by atoms with van der Waals surface area (Å²) in [6.07, 6.45) is 6.92. The van der Waals surface area contributed by atoms with E-state index >= 15 is 0 Å². The molecule has 1 heteroatoms. The minimum Gasteiger partial charge on any atom is -0.473 e. The Bertz CT molecular complexity index is 187. The molecule has 1 nitrogen and oxygen atoms in total. The molecule has 13 heavy (non-hydrogen) atoms. The van der Waals surface area contributed by atoms with Gasteiger partial charge in [0.2, 0.25) is 0 Å². The van der Waals surface area contributed by atoms with Crippen molar-refractivity contribution in [2.45, 2.75) is 13.8 Å². The van der Waals surface area contributed by atoms with Crippen LogP contribution >= 0.6 is 0 Å². The molecule has 0 aliphatic carbocycles. The largest absolute Gasteiger partial charge is 0.473 e. The van der Waals surface area contributed by atoms with E-state index in [1.807, 2.05) is 62.4 Å². The first kappa shape index (κ1) is 11.5. The maximum Gasteiger partial charge on any atom is 0.0858 e. The van der Waals surface area contributed by atoms with Crippen molar-refractivity contribution in [2.24, 2.45) is 0 Å². The van der Waals surface area contributed by atoms with Crippen LogP contribution in [0.25, 0.3) is 0 Å². The highest BCUT2D eigenvalue weighted by atomic mass is 16.5. The van der Waals surface area contributed by atoms with Gasteiger partial charge >= 0.3 is 0 Å². The van der Waals surface area contributed by atoms with Crippen LogP contribution in [-0.4, -0.2) is 0 Å². The Morgan fingerprint density at radius 1 is 0.692 bits per heavy atom. The van der Waals surface area contributed by atoms with E-state index in [1.165, 1.54) is 0 Å². The van der Waals surface area contributed by atoms with Crippen molar-refractivity contribution in [1.29, 1.82) is 0 Å². The molecule has 0 aliphatic heterocycles. The molecular formula is C12H16O. The second-order valence-corrected chi connectivity index (χ2v) is 2.23. The predicted octanol–water partition coefficient (Wildman–Crippen LogP) is 3.76. The van der Waals surface area contributed by atoms with Crippen LogP contribution in [0.5, 0.6) is 0 Å². The Balaban J connectivity index is 0.000000223. The van der Waals surface area contributed by atoms with Crippen molar-refractivity contribution < 1.29 is 4.74 Å². The maximum atomic E-state index is 4.77. The van der Waals surface area contributed by atoms with Gasteiger partial charge in [-0.15, -0.1) is 0 Å². The normalized spacial score (nSPS) is 9.69. The Morgan fingerprint density at radius 2 is 1.00 bits per heavy atom. The van der Waals surface area contributed by atoms with Crippen molar-refractivity contribution in [3.63, 3.8) is 0 Å². The topological polar surface area (TPSA) is 9.23 Å². The number of benzene rings is 1. The second kappa shape index (κ2) is 10.5. The maximum absolute atomic E-state index is 4.77. The molecule has 0 aromatic heterocycles. The van der Waals surface area contributed by atoms with Crippen LogP contribution in [0.15, 0.2) is 61.1 Å². The monoisotopic (exact) mass is 176 g/mol. The van der Waals surface area contributed by atoms with Crippen LogP contribution in [-0.2, 0) is 4.74 Å². The van der Waals surface area contributed by atoms with Crippen LogP contribution in [0.4, 0.5) is 0 Å². The molecule has 0 N–H and O–H groups in total. The predicted molar refractivity (Wildman–Crippen MR) is 57.2 cm³/mol. The van der Waals surface area contributed by atoms with E-state index in [0.29, 0.717) is 0 Å². The van der Waals surface area contributed by atoms with E-state index in [-0.39, 0.29) is 0 Å². The molecule has 0 saturated heterocycles. The quantitative estimate of drug-likeness (QED) is 0.623. The molecule has 0 fully saturated rings. The standard InChI is InChI=1S/C6H10O.C6H6/c1-3-5-7-6-4-2;1-2-4-6-5-3-1/h3-6H,1-2H3;1-6H. The highest BCUT2D eigenvalue weighted by Gasteiger charge is 1.58. The first-order valence-electron chi connectivity index (χ1n) is 4.29. The summed E-state index contributed by atoms with van der Waals surface area (Å²) < 4.78 is 4.77. The van der Waals surface area contributed by atoms with Crippen molar-refractivity contribution in [2.75, 3.05) is 0 Å². The van der Waals surface area contributed by atoms with Crippen LogP contribution in [0.2, 0.25) is 0 Å². The average molecular weight is 176 g/mol. The van der Waals surface area contributed by atoms with Crippen molar-refractivity contribution >= 4 is 0 Å². The molecule has 0 bridgehead atoms. The van der Waals surface area contributed by atoms with Gasteiger partial charge in [-0.05, 0) is 13.8 Å². The highest BCUT2D eigenvalue weighted by Crippen LogP contribution is 1.80. The summed E-state index contributed by atoms with van der Waals surface area (Å²) in [5.41, 5.74) is 0. The summed E-state index contributed by atoms with van der Waals surface area (Å²) in [6, 6.07) is 12.0. The van der Waals surface area contributed by atoms with E-state index in [2.05, 4.69) is 0 Å². The SMILES string of the molecule is CC=COC=CC.c1ccccc1. The van der Waals surface area contributed by atoms with Crippen LogP contribution in [0, 0.1) is 0 Å². The summed E-state index contributed by atoms with van der Waals surface area (Å²) >= 11 is 0. The van der Waals surface area contributed by atoms with Crippen LogP contribution in [0.3, 0.4) is 0 Å². The van der Waals surface area contributed by atoms with E-state index < -0.39 is 0 Å². The molecular weight excluding hydrogens is 160 g/mol. The number of hydrogen-bond acceptors (Lipinski definition) is 1. The summed E-state index contributed by atoms with van der Waals surface area (Å²) in [5.74, 6) is 0. The lowest BCUT2D eigenvalue weighted by Crippen LogP contribution is -1.59. The molecule has 1 aromatic carbocycles. The molecule has 0 unspecified atom stereocenters. The molecule has 0 spiro atoms. The minimum atomic E-state index is 1.62. The van der Waals surface area contributed by atoms with Gasteiger partial charge in [-0.3, -0.25) is 0 Å². The van der Waals surface area contributed by atoms with Gasteiger partial charge in [0.1, 0.15) is 0 Å². The second-order valence-electron chi connectivity index (χ2n) is 2.23. The number of rotatable bonds is 2. The van der Waals surface area contributed by atoms with Crippen LogP contribution < -0.4 is 0 Å². The lowest BCUT2D eigenvalue weighted by atomic mass is 10.4. The van der Waals surface area contributed by atoms with Gasteiger partial charge in [-0.25, -0.2) is 0 Å². The van der Waals surface area contributed by atoms with Gasteiger partial charge in [0.15, 0.2) is 0 Å². The fraction of sp³-hybridized carbons (Fsp3) is 0.167. The van der Waals surface area contributed by atoms with Crippen molar-refractivity contribution in [1.82, 2.24) is 0 Å². The van der Waals surface area contributed by atoms with Gasteiger partial charge < -0.3 is 4.74 Å². The van der Waals surface area contributed by atoms with Gasteiger partial charge in [-0.1, -0.05) is 48.6 Å². The highest BCUT2D eigenvalue weighted by molar-refractivity contribution is 4.99. The smallest absolute Gasteiger partial charge is 0.0858 e. The molecule has 0 atom stereocenters. The Labute approximate surface area is 80.4 Å². The first-order valence-corrected chi connectivity index (χ1v) is 4.29. The third kappa shape index (κ3) is 10.5. The van der Waals surface area contributed by atoms with E-state index in [1.54, 1.807) is 12.5 Å². The Kier molecular flexibility index (Phi) is 9.29. The van der Waals surface area contributed by atoms with E-state index in [0.717, 1.165) is 0 Å². The third-order valence-electron chi connectivity index (χ3n) is 1.10. The molecule has 1 rings (SSSR count). The fourth-order valence-corrected chi connectivity index (χ4v) is 0.587. The van der Waals surface area contributed by atoms with Gasteiger partial charge in [0.25, 0.3) is 0 Å². The zero-order chi connectivity index (χ0) is 9.78. The zero-order valence-electron chi connectivity index (χ0n) is 8.18. The number of allylic oxidation sites excluding steroid dienone is 2. The Morgan fingerprint density at radius 3 is 1.23 bits per heavy atom. The molecule has 0 heterocycles. The van der Waals surface area contributed by atoms with Crippen molar-refractivity contribution in [3.05, 3.63) is 61.1 Å². The minimum absolute atomic E-state index is 1.62. The Hall–Kier alpha value is -1.50. The number of hydrogen-bond donors (Lipinski definition) is 0. The zero-order valence-corrected chi connectivity index (χ0v) is 8.18. The van der Waals surface area contributed by atoms with E-state index in [4.69, 9.17) is 4.74 Å². The summed E-state index contributed by atoms with van der Waals surface area (Å²) in [4.78, 5) is 0. The lowest BCUT2D eigenvalue weighted by molar-refractivity contribution is 0.401.